The second-order valence-electron chi connectivity index (χ2n) is 6.68. The monoisotopic (exact) mass is 370 g/mol. The average molecular weight is 370 g/mol. The number of likely N-dealkylation sites (tertiary alicyclic amines) is 1. The summed E-state index contributed by atoms with van der Waals surface area (Å²) in [7, 11) is -3.64. The molecule has 2 rings (SSSR count). The van der Waals surface area contributed by atoms with Crippen LogP contribution >= 0.6 is 0 Å². The molecule has 0 radical (unpaired) electrons. The number of carbonyl (C=O) groups excluding carboxylic acids is 2. The maximum absolute atomic E-state index is 12.9. The standard InChI is InChI=1S/C17H23FN2O4S/c1-3-10-25(23,24)19-16(22)17(2)8-9-20(12-17)15(21)11-13-4-6-14(18)7-5-13/h4-7H,3,8-12H2,1-2H3,(H,19,22). The van der Waals surface area contributed by atoms with Gasteiger partial charge in [0.2, 0.25) is 21.8 Å². The van der Waals surface area contributed by atoms with E-state index in [0.29, 0.717) is 24.9 Å². The van der Waals surface area contributed by atoms with Gasteiger partial charge < -0.3 is 4.90 Å². The quantitative estimate of drug-likeness (QED) is 0.822. The number of nitrogens with one attached hydrogen (secondary N) is 1. The summed E-state index contributed by atoms with van der Waals surface area (Å²) in [6, 6.07) is 5.69. The van der Waals surface area contributed by atoms with Crippen molar-refractivity contribution in [3.05, 3.63) is 35.6 Å². The van der Waals surface area contributed by atoms with Gasteiger partial charge in [0.05, 0.1) is 17.6 Å². The molecule has 1 atom stereocenters. The largest absolute Gasteiger partial charge is 0.341 e. The first kappa shape index (κ1) is 19.4. The molecule has 1 aromatic carbocycles. The lowest BCUT2D eigenvalue weighted by Crippen LogP contribution is -2.45. The highest BCUT2D eigenvalue weighted by Gasteiger charge is 2.43. The predicted molar refractivity (Wildman–Crippen MR) is 91.6 cm³/mol. The summed E-state index contributed by atoms with van der Waals surface area (Å²) in [5, 5.41) is 0. The van der Waals surface area contributed by atoms with Crippen LogP contribution in [-0.2, 0) is 26.0 Å². The summed E-state index contributed by atoms with van der Waals surface area (Å²) in [4.78, 5) is 26.3. The van der Waals surface area contributed by atoms with Gasteiger partial charge in [0.25, 0.3) is 0 Å². The summed E-state index contributed by atoms with van der Waals surface area (Å²) < 4.78 is 38.6. The van der Waals surface area contributed by atoms with Crippen LogP contribution in [0.5, 0.6) is 0 Å². The number of carbonyl (C=O) groups is 2. The van der Waals surface area contributed by atoms with E-state index in [1.807, 2.05) is 0 Å². The van der Waals surface area contributed by atoms with Gasteiger partial charge in [-0.1, -0.05) is 19.1 Å². The SMILES string of the molecule is CCCS(=O)(=O)NC(=O)C1(C)CCN(C(=O)Cc2ccc(F)cc2)C1. The first-order valence-electron chi connectivity index (χ1n) is 8.22. The Kier molecular flexibility index (Phi) is 5.82. The fourth-order valence-electron chi connectivity index (χ4n) is 2.83. The van der Waals surface area contributed by atoms with Crippen molar-refractivity contribution < 1.29 is 22.4 Å². The molecule has 1 heterocycles. The van der Waals surface area contributed by atoms with Crippen molar-refractivity contribution in [1.82, 2.24) is 9.62 Å². The van der Waals surface area contributed by atoms with Gasteiger partial charge in [-0.25, -0.2) is 12.8 Å². The Morgan fingerprint density at radius 3 is 2.52 bits per heavy atom. The van der Waals surface area contributed by atoms with Gasteiger partial charge in [-0.3, -0.25) is 14.3 Å². The Labute approximate surface area is 147 Å². The van der Waals surface area contributed by atoms with E-state index in [1.165, 1.54) is 12.1 Å². The molecule has 1 aliphatic heterocycles. The Balaban J connectivity index is 1.98. The van der Waals surface area contributed by atoms with Crippen LogP contribution in [0.2, 0.25) is 0 Å². The number of halogens is 1. The zero-order valence-electron chi connectivity index (χ0n) is 14.4. The number of benzene rings is 1. The van der Waals surface area contributed by atoms with Crippen LogP contribution in [0, 0.1) is 11.2 Å². The summed E-state index contributed by atoms with van der Waals surface area (Å²) in [5.41, 5.74) is -0.241. The maximum Gasteiger partial charge on any atom is 0.241 e. The normalized spacial score (nSPS) is 20.5. The number of hydrogen-bond donors (Lipinski definition) is 1. The maximum atomic E-state index is 12.9. The number of sulfonamides is 1. The first-order chi connectivity index (χ1) is 11.6. The number of amides is 2. The van der Waals surface area contributed by atoms with E-state index in [0.717, 1.165) is 0 Å². The summed E-state index contributed by atoms with van der Waals surface area (Å²) >= 11 is 0. The second-order valence-corrected chi connectivity index (χ2v) is 8.52. The van der Waals surface area contributed by atoms with Gasteiger partial charge in [0.15, 0.2) is 0 Å². The third-order valence-electron chi connectivity index (χ3n) is 4.36. The van der Waals surface area contributed by atoms with Gasteiger partial charge in [-0.2, -0.15) is 0 Å². The minimum Gasteiger partial charge on any atom is -0.341 e. The van der Waals surface area contributed by atoms with Gasteiger partial charge in [-0.05, 0) is 37.5 Å². The molecule has 8 heteroatoms. The molecule has 0 aromatic heterocycles. The van der Waals surface area contributed by atoms with Crippen LogP contribution in [0.1, 0.15) is 32.3 Å². The lowest BCUT2D eigenvalue weighted by Gasteiger charge is -2.23. The van der Waals surface area contributed by atoms with Crippen molar-refractivity contribution in [3.63, 3.8) is 0 Å². The third kappa shape index (κ3) is 5.01. The minimum absolute atomic E-state index is 0.109. The van der Waals surface area contributed by atoms with E-state index >= 15 is 0 Å². The molecule has 138 valence electrons. The molecular formula is C17H23FN2O4S. The number of rotatable bonds is 6. The van der Waals surface area contributed by atoms with E-state index < -0.39 is 21.3 Å². The van der Waals surface area contributed by atoms with E-state index in [9.17, 15) is 22.4 Å². The third-order valence-corrected chi connectivity index (χ3v) is 5.81. The van der Waals surface area contributed by atoms with Crippen molar-refractivity contribution in [3.8, 4) is 0 Å². The smallest absolute Gasteiger partial charge is 0.241 e. The molecule has 0 aliphatic carbocycles. The lowest BCUT2D eigenvalue weighted by molar-refractivity contribution is -0.131. The average Bonchev–Trinajstić information content (AvgIpc) is 2.93. The highest BCUT2D eigenvalue weighted by atomic mass is 32.2. The van der Waals surface area contributed by atoms with Crippen molar-refractivity contribution in [1.29, 1.82) is 0 Å². The zero-order valence-corrected chi connectivity index (χ0v) is 15.2. The van der Waals surface area contributed by atoms with E-state index in [2.05, 4.69) is 4.72 Å². The van der Waals surface area contributed by atoms with Crippen molar-refractivity contribution in [2.24, 2.45) is 5.41 Å². The Bertz CT molecular complexity index is 748. The minimum atomic E-state index is -3.64. The lowest BCUT2D eigenvalue weighted by atomic mass is 9.89. The van der Waals surface area contributed by atoms with E-state index in [-0.39, 0.29) is 30.4 Å². The second kappa shape index (κ2) is 7.51. The van der Waals surface area contributed by atoms with Crippen LogP contribution in [0.3, 0.4) is 0 Å². The Morgan fingerprint density at radius 1 is 1.28 bits per heavy atom. The van der Waals surface area contributed by atoms with Crippen LogP contribution in [-0.4, -0.2) is 44.0 Å². The molecule has 1 aromatic rings. The van der Waals surface area contributed by atoms with Crippen molar-refractivity contribution in [2.45, 2.75) is 33.1 Å². The number of hydrogen-bond acceptors (Lipinski definition) is 4. The van der Waals surface area contributed by atoms with Gasteiger partial charge >= 0.3 is 0 Å². The van der Waals surface area contributed by atoms with Gasteiger partial charge in [0, 0.05) is 13.1 Å². The zero-order chi connectivity index (χ0) is 18.7. The molecule has 1 saturated heterocycles. The molecule has 0 saturated carbocycles. The molecule has 1 fully saturated rings. The van der Waals surface area contributed by atoms with Gasteiger partial charge in [0.1, 0.15) is 5.82 Å². The van der Waals surface area contributed by atoms with Crippen molar-refractivity contribution in [2.75, 3.05) is 18.8 Å². The molecule has 0 bridgehead atoms. The molecule has 25 heavy (non-hydrogen) atoms. The highest BCUT2D eigenvalue weighted by Crippen LogP contribution is 2.30. The molecule has 1 unspecified atom stereocenters. The first-order valence-corrected chi connectivity index (χ1v) is 9.87. The summed E-state index contributed by atoms with van der Waals surface area (Å²) in [6.07, 6.45) is 0.934. The Morgan fingerprint density at radius 2 is 1.92 bits per heavy atom. The topological polar surface area (TPSA) is 83.6 Å². The van der Waals surface area contributed by atoms with E-state index in [4.69, 9.17) is 0 Å². The molecular weight excluding hydrogens is 347 g/mol. The molecule has 1 N–H and O–H groups in total. The molecule has 1 aliphatic rings. The van der Waals surface area contributed by atoms with Crippen LogP contribution < -0.4 is 4.72 Å². The fourth-order valence-corrected chi connectivity index (χ4v) is 4.00. The fraction of sp³-hybridized carbons (Fsp3) is 0.529. The highest BCUT2D eigenvalue weighted by molar-refractivity contribution is 7.90. The van der Waals surface area contributed by atoms with Gasteiger partial charge in [-0.15, -0.1) is 0 Å². The Hall–Kier alpha value is -1.96. The van der Waals surface area contributed by atoms with Crippen LogP contribution in [0.15, 0.2) is 24.3 Å². The van der Waals surface area contributed by atoms with Crippen LogP contribution in [0.25, 0.3) is 0 Å². The summed E-state index contributed by atoms with van der Waals surface area (Å²) in [6.45, 7) is 3.93. The predicted octanol–water partition coefficient (Wildman–Crippen LogP) is 1.46. The molecule has 6 nitrogen and oxygen atoms in total. The number of nitrogens with zero attached hydrogens (tertiary/aromatic N) is 1. The molecule has 2 amide bonds. The molecule has 0 spiro atoms. The van der Waals surface area contributed by atoms with Crippen molar-refractivity contribution >= 4 is 21.8 Å². The van der Waals surface area contributed by atoms with E-state index in [1.54, 1.807) is 30.9 Å². The van der Waals surface area contributed by atoms with Crippen LogP contribution in [0.4, 0.5) is 4.39 Å². The summed E-state index contributed by atoms with van der Waals surface area (Å²) in [5.74, 6) is -1.21.